The second-order valence-electron chi connectivity index (χ2n) is 5.02. The first kappa shape index (κ1) is 19.6. The smallest absolute Gasteiger partial charge is 0.377 e. The Bertz CT molecular complexity index is 525. The molecule has 24 heavy (non-hydrogen) atoms. The third kappa shape index (κ3) is 5.65. The van der Waals surface area contributed by atoms with E-state index in [-0.39, 0.29) is 19.3 Å². The van der Waals surface area contributed by atoms with Crippen molar-refractivity contribution in [2.45, 2.75) is 51.1 Å². The Morgan fingerprint density at radius 2 is 1.92 bits per heavy atom. The maximum absolute atomic E-state index is 11.6. The van der Waals surface area contributed by atoms with E-state index in [1.54, 1.807) is 6.92 Å². The monoisotopic (exact) mass is 344 g/mol. The van der Waals surface area contributed by atoms with Crippen LogP contribution in [-0.4, -0.2) is 48.2 Å². The SMILES string of the molecule is CCCC(=O)OC1(C(=O)O)CCCC(OC(=O)/C=C/C(=O)OC)O1. The van der Waals surface area contributed by atoms with Crippen LogP contribution < -0.4 is 0 Å². The number of ether oxygens (including phenoxy) is 4. The standard InChI is InChI=1S/C15H20O9/c1-3-5-12(18)23-15(14(19)20)9-4-6-13(24-15)22-11(17)8-7-10(16)21-2/h7-8,13H,3-6,9H2,1-2H3,(H,19,20)/b8-7+. The van der Waals surface area contributed by atoms with Crippen LogP contribution in [0, 0.1) is 0 Å². The number of carboxylic acid groups (broad SMARTS) is 1. The van der Waals surface area contributed by atoms with Gasteiger partial charge >= 0.3 is 29.7 Å². The van der Waals surface area contributed by atoms with Gasteiger partial charge in [-0.3, -0.25) is 9.53 Å². The van der Waals surface area contributed by atoms with Gasteiger partial charge < -0.3 is 19.3 Å². The number of carbonyl (C=O) groups excluding carboxylic acids is 3. The van der Waals surface area contributed by atoms with Crippen molar-refractivity contribution >= 4 is 23.9 Å². The van der Waals surface area contributed by atoms with Crippen LogP contribution in [0.4, 0.5) is 0 Å². The molecule has 0 aliphatic carbocycles. The molecule has 1 heterocycles. The fourth-order valence-corrected chi connectivity index (χ4v) is 2.00. The molecule has 1 fully saturated rings. The molecule has 1 aliphatic rings. The Hall–Kier alpha value is -2.42. The van der Waals surface area contributed by atoms with Crippen LogP contribution in [-0.2, 0) is 38.1 Å². The molecule has 0 amide bonds. The van der Waals surface area contributed by atoms with Crippen molar-refractivity contribution in [2.75, 3.05) is 7.11 Å². The molecule has 1 saturated heterocycles. The molecular weight excluding hydrogens is 324 g/mol. The van der Waals surface area contributed by atoms with Crippen LogP contribution in [0.3, 0.4) is 0 Å². The summed E-state index contributed by atoms with van der Waals surface area (Å²) in [4.78, 5) is 45.6. The third-order valence-corrected chi connectivity index (χ3v) is 3.13. The molecule has 0 spiro atoms. The van der Waals surface area contributed by atoms with E-state index >= 15 is 0 Å². The molecule has 2 atom stereocenters. The lowest BCUT2D eigenvalue weighted by Gasteiger charge is -2.36. The van der Waals surface area contributed by atoms with Gasteiger partial charge in [0.2, 0.25) is 6.29 Å². The number of hydrogen-bond donors (Lipinski definition) is 1. The molecular formula is C15H20O9. The first-order chi connectivity index (χ1) is 11.3. The summed E-state index contributed by atoms with van der Waals surface area (Å²) in [5.74, 6) is -6.02. The third-order valence-electron chi connectivity index (χ3n) is 3.13. The average Bonchev–Trinajstić information content (AvgIpc) is 2.52. The zero-order valence-electron chi connectivity index (χ0n) is 13.5. The molecule has 1 rings (SSSR count). The van der Waals surface area contributed by atoms with Crippen molar-refractivity contribution in [1.29, 1.82) is 0 Å². The van der Waals surface area contributed by atoms with Crippen molar-refractivity contribution in [3.05, 3.63) is 12.2 Å². The fraction of sp³-hybridized carbons (Fsp3) is 0.600. The molecule has 0 radical (unpaired) electrons. The van der Waals surface area contributed by atoms with Crippen LogP contribution in [0.25, 0.3) is 0 Å². The highest BCUT2D eigenvalue weighted by Crippen LogP contribution is 2.31. The van der Waals surface area contributed by atoms with Crippen LogP contribution in [0.1, 0.15) is 39.0 Å². The fourth-order valence-electron chi connectivity index (χ4n) is 2.00. The van der Waals surface area contributed by atoms with E-state index in [4.69, 9.17) is 14.2 Å². The van der Waals surface area contributed by atoms with Gasteiger partial charge in [0.15, 0.2) is 0 Å². The van der Waals surface area contributed by atoms with E-state index in [0.29, 0.717) is 12.8 Å². The zero-order valence-corrected chi connectivity index (χ0v) is 13.5. The van der Waals surface area contributed by atoms with Gasteiger partial charge in [-0.1, -0.05) is 6.92 Å². The highest BCUT2D eigenvalue weighted by atomic mass is 16.8. The van der Waals surface area contributed by atoms with Crippen LogP contribution in [0.5, 0.6) is 0 Å². The molecule has 134 valence electrons. The van der Waals surface area contributed by atoms with Crippen molar-refractivity contribution < 1.29 is 43.2 Å². The van der Waals surface area contributed by atoms with Crippen molar-refractivity contribution in [1.82, 2.24) is 0 Å². The number of carboxylic acids is 1. The summed E-state index contributed by atoms with van der Waals surface area (Å²) in [5, 5.41) is 9.35. The van der Waals surface area contributed by atoms with Gasteiger partial charge in [-0.2, -0.15) is 0 Å². The predicted octanol–water partition coefficient (Wildman–Crippen LogP) is 0.910. The number of methoxy groups -OCH3 is 1. The van der Waals surface area contributed by atoms with Crippen LogP contribution >= 0.6 is 0 Å². The summed E-state index contributed by atoms with van der Waals surface area (Å²) in [6, 6.07) is 0. The minimum Gasteiger partial charge on any atom is -0.476 e. The summed E-state index contributed by atoms with van der Waals surface area (Å²) in [7, 11) is 1.15. The minimum absolute atomic E-state index is 0.0463. The number of aliphatic carboxylic acids is 1. The van der Waals surface area contributed by atoms with Crippen molar-refractivity contribution in [2.24, 2.45) is 0 Å². The summed E-state index contributed by atoms with van der Waals surface area (Å²) < 4.78 is 19.4. The number of hydrogen-bond acceptors (Lipinski definition) is 8. The largest absolute Gasteiger partial charge is 0.476 e. The Balaban J connectivity index is 2.73. The molecule has 1 aliphatic heterocycles. The first-order valence-electron chi connectivity index (χ1n) is 7.42. The van der Waals surface area contributed by atoms with E-state index in [9.17, 15) is 24.3 Å². The topological polar surface area (TPSA) is 125 Å². The molecule has 0 aromatic carbocycles. The first-order valence-corrected chi connectivity index (χ1v) is 7.42. The van der Waals surface area contributed by atoms with E-state index in [0.717, 1.165) is 19.3 Å². The molecule has 1 N–H and O–H groups in total. The molecule has 0 bridgehead atoms. The molecule has 0 saturated carbocycles. The van der Waals surface area contributed by atoms with Gasteiger partial charge in [-0.15, -0.1) is 0 Å². The van der Waals surface area contributed by atoms with E-state index in [1.807, 2.05) is 0 Å². The normalized spacial score (nSPS) is 23.5. The quantitative estimate of drug-likeness (QED) is 0.407. The summed E-state index contributed by atoms with van der Waals surface area (Å²) in [6.45, 7) is 1.74. The summed E-state index contributed by atoms with van der Waals surface area (Å²) in [5.41, 5.74) is 0. The van der Waals surface area contributed by atoms with Crippen LogP contribution in [0.2, 0.25) is 0 Å². The maximum atomic E-state index is 11.6. The molecule has 9 nitrogen and oxygen atoms in total. The molecule has 2 unspecified atom stereocenters. The number of carbonyl (C=O) groups is 4. The highest BCUT2D eigenvalue weighted by molar-refractivity contribution is 5.91. The number of rotatable bonds is 7. The van der Waals surface area contributed by atoms with Gasteiger partial charge in [-0.25, -0.2) is 14.4 Å². The zero-order chi connectivity index (χ0) is 18.2. The molecule has 0 aromatic heterocycles. The van der Waals surface area contributed by atoms with Crippen molar-refractivity contribution in [3.63, 3.8) is 0 Å². The Kier molecular flexibility index (Phi) is 7.37. The molecule has 9 heteroatoms. The van der Waals surface area contributed by atoms with E-state index in [1.165, 1.54) is 0 Å². The predicted molar refractivity (Wildman–Crippen MR) is 77.3 cm³/mol. The lowest BCUT2D eigenvalue weighted by molar-refractivity contribution is -0.304. The summed E-state index contributed by atoms with van der Waals surface area (Å²) >= 11 is 0. The maximum Gasteiger partial charge on any atom is 0.377 e. The van der Waals surface area contributed by atoms with Crippen molar-refractivity contribution in [3.8, 4) is 0 Å². The summed E-state index contributed by atoms with van der Waals surface area (Å²) in [6.07, 6.45) is 1.51. The van der Waals surface area contributed by atoms with E-state index < -0.39 is 36.0 Å². The molecule has 0 aromatic rings. The van der Waals surface area contributed by atoms with Gasteiger partial charge in [0.1, 0.15) is 0 Å². The van der Waals surface area contributed by atoms with Gasteiger partial charge in [-0.05, 0) is 12.8 Å². The lowest BCUT2D eigenvalue weighted by Crippen LogP contribution is -2.51. The Labute approximate surface area is 138 Å². The number of esters is 3. The van der Waals surface area contributed by atoms with Gasteiger partial charge in [0.05, 0.1) is 7.11 Å². The Morgan fingerprint density at radius 3 is 2.50 bits per heavy atom. The second kappa shape index (κ2) is 9.02. The highest BCUT2D eigenvalue weighted by Gasteiger charge is 2.49. The van der Waals surface area contributed by atoms with Gasteiger partial charge in [0.25, 0.3) is 0 Å². The second-order valence-corrected chi connectivity index (χ2v) is 5.02. The minimum atomic E-state index is -2.18. The van der Waals surface area contributed by atoms with Crippen LogP contribution in [0.15, 0.2) is 12.2 Å². The lowest BCUT2D eigenvalue weighted by atomic mass is 10.0. The van der Waals surface area contributed by atoms with E-state index in [2.05, 4.69) is 4.74 Å². The van der Waals surface area contributed by atoms with Gasteiger partial charge in [0, 0.05) is 31.4 Å². The Morgan fingerprint density at radius 1 is 1.25 bits per heavy atom. The average molecular weight is 344 g/mol.